The summed E-state index contributed by atoms with van der Waals surface area (Å²) in [5.41, 5.74) is 13.0. The van der Waals surface area contributed by atoms with Gasteiger partial charge >= 0.3 is 0 Å². The second-order valence-electron chi connectivity index (χ2n) is 3.38. The van der Waals surface area contributed by atoms with E-state index in [1.807, 2.05) is 6.92 Å². The summed E-state index contributed by atoms with van der Waals surface area (Å²) in [6.07, 6.45) is 0. The van der Waals surface area contributed by atoms with Crippen LogP contribution < -0.4 is 22.1 Å². The van der Waals surface area contributed by atoms with E-state index in [1.165, 1.54) is 0 Å². The fraction of sp³-hybridized carbons (Fsp3) is 0.364. The van der Waals surface area contributed by atoms with Gasteiger partial charge in [-0.05, 0) is 25.1 Å². The average molecular weight is 222 g/mol. The van der Waals surface area contributed by atoms with Gasteiger partial charge < -0.3 is 22.1 Å². The van der Waals surface area contributed by atoms with E-state index in [9.17, 15) is 4.79 Å². The number of carbonyl (C=O) groups is 1. The van der Waals surface area contributed by atoms with Crippen LogP contribution in [0.2, 0.25) is 0 Å². The Kier molecular flexibility index (Phi) is 4.60. The van der Waals surface area contributed by atoms with Gasteiger partial charge in [0, 0.05) is 31.0 Å². The van der Waals surface area contributed by atoms with Gasteiger partial charge in [-0.25, -0.2) is 0 Å². The highest BCUT2D eigenvalue weighted by Crippen LogP contribution is 2.18. The molecule has 0 radical (unpaired) electrons. The van der Waals surface area contributed by atoms with Gasteiger partial charge in [0.25, 0.3) is 5.91 Å². The van der Waals surface area contributed by atoms with Crippen LogP contribution in [-0.2, 0) is 0 Å². The first-order valence-electron chi connectivity index (χ1n) is 5.30. The molecule has 0 aliphatic carbocycles. The molecule has 1 aromatic carbocycles. The van der Waals surface area contributed by atoms with Crippen molar-refractivity contribution in [2.45, 2.75) is 6.92 Å². The molecule has 0 saturated carbocycles. The lowest BCUT2D eigenvalue weighted by molar-refractivity contribution is 0.0956. The van der Waals surface area contributed by atoms with Crippen LogP contribution in [0.1, 0.15) is 17.3 Å². The highest BCUT2D eigenvalue weighted by atomic mass is 16.1. The van der Waals surface area contributed by atoms with Gasteiger partial charge in [-0.3, -0.25) is 4.79 Å². The second-order valence-corrected chi connectivity index (χ2v) is 3.38. The van der Waals surface area contributed by atoms with Crippen molar-refractivity contribution in [3.05, 3.63) is 23.8 Å². The summed E-state index contributed by atoms with van der Waals surface area (Å²) in [6.45, 7) is 3.58. The van der Waals surface area contributed by atoms with E-state index < -0.39 is 0 Å². The molecule has 0 aromatic heterocycles. The van der Waals surface area contributed by atoms with Crippen LogP contribution in [0, 0.1) is 0 Å². The first kappa shape index (κ1) is 12.3. The molecule has 0 atom stereocenters. The number of nitrogen functional groups attached to an aromatic ring is 1. The molecule has 0 unspecified atom stereocenters. The lowest BCUT2D eigenvalue weighted by Gasteiger charge is -2.11. The number of hydrogen-bond acceptors (Lipinski definition) is 4. The number of nitrogens with one attached hydrogen (secondary N) is 2. The fourth-order valence-electron chi connectivity index (χ4n) is 1.37. The van der Waals surface area contributed by atoms with Crippen molar-refractivity contribution in [1.82, 2.24) is 5.32 Å². The summed E-state index contributed by atoms with van der Waals surface area (Å²) in [5.74, 6) is -0.109. The zero-order chi connectivity index (χ0) is 12.0. The van der Waals surface area contributed by atoms with E-state index in [4.69, 9.17) is 11.5 Å². The van der Waals surface area contributed by atoms with Crippen molar-refractivity contribution in [3.63, 3.8) is 0 Å². The maximum absolute atomic E-state index is 11.7. The van der Waals surface area contributed by atoms with Crippen LogP contribution >= 0.6 is 0 Å². The third-order valence-corrected chi connectivity index (χ3v) is 2.09. The number of carbonyl (C=O) groups excluding carboxylic acids is 1. The molecule has 0 aliphatic heterocycles. The molecule has 0 fully saturated rings. The van der Waals surface area contributed by atoms with E-state index in [0.29, 0.717) is 30.9 Å². The molecular weight excluding hydrogens is 204 g/mol. The van der Waals surface area contributed by atoms with Crippen molar-refractivity contribution >= 4 is 17.3 Å². The van der Waals surface area contributed by atoms with Crippen molar-refractivity contribution in [1.29, 1.82) is 0 Å². The summed E-state index contributed by atoms with van der Waals surface area (Å²) >= 11 is 0. The van der Waals surface area contributed by atoms with E-state index in [-0.39, 0.29) is 5.91 Å². The van der Waals surface area contributed by atoms with Crippen LogP contribution in [-0.4, -0.2) is 25.5 Å². The van der Waals surface area contributed by atoms with Crippen LogP contribution in [0.4, 0.5) is 11.4 Å². The summed E-state index contributed by atoms with van der Waals surface area (Å²) < 4.78 is 0. The predicted molar refractivity (Wildman–Crippen MR) is 66.4 cm³/mol. The minimum Gasteiger partial charge on any atom is -0.399 e. The number of benzene rings is 1. The van der Waals surface area contributed by atoms with Crippen LogP contribution in [0.15, 0.2) is 18.2 Å². The van der Waals surface area contributed by atoms with E-state index >= 15 is 0 Å². The van der Waals surface area contributed by atoms with Crippen molar-refractivity contribution in [2.75, 3.05) is 30.7 Å². The normalized spacial score (nSPS) is 9.88. The largest absolute Gasteiger partial charge is 0.399 e. The SMILES string of the molecule is CCNC(=O)c1ccc(N)cc1NCCN. The van der Waals surface area contributed by atoms with Gasteiger partial charge in [0.2, 0.25) is 0 Å². The molecule has 5 heteroatoms. The maximum Gasteiger partial charge on any atom is 0.253 e. The Bertz CT molecular complexity index is 365. The van der Waals surface area contributed by atoms with Gasteiger partial charge in [0.1, 0.15) is 0 Å². The minimum absolute atomic E-state index is 0.109. The topological polar surface area (TPSA) is 93.2 Å². The third-order valence-electron chi connectivity index (χ3n) is 2.09. The Morgan fingerprint density at radius 3 is 2.81 bits per heavy atom. The molecular formula is C11H18N4O. The van der Waals surface area contributed by atoms with Gasteiger partial charge in [0.15, 0.2) is 0 Å². The Balaban J connectivity index is 2.92. The molecule has 1 amide bonds. The summed E-state index contributed by atoms with van der Waals surface area (Å²) in [7, 11) is 0. The molecule has 6 N–H and O–H groups in total. The molecule has 0 bridgehead atoms. The van der Waals surface area contributed by atoms with Crippen LogP contribution in [0.25, 0.3) is 0 Å². The third kappa shape index (κ3) is 3.13. The molecule has 0 heterocycles. The number of anilines is 2. The fourth-order valence-corrected chi connectivity index (χ4v) is 1.37. The molecule has 16 heavy (non-hydrogen) atoms. The van der Waals surface area contributed by atoms with E-state index in [0.717, 1.165) is 5.69 Å². The molecule has 0 spiro atoms. The van der Waals surface area contributed by atoms with Gasteiger partial charge in [0.05, 0.1) is 5.56 Å². The summed E-state index contributed by atoms with van der Waals surface area (Å²) in [4.78, 5) is 11.7. The number of nitrogens with two attached hydrogens (primary N) is 2. The molecule has 1 rings (SSSR count). The minimum atomic E-state index is -0.109. The van der Waals surface area contributed by atoms with Crippen LogP contribution in [0.5, 0.6) is 0 Å². The lowest BCUT2D eigenvalue weighted by atomic mass is 10.1. The van der Waals surface area contributed by atoms with Gasteiger partial charge in [-0.15, -0.1) is 0 Å². The Labute approximate surface area is 95.2 Å². The van der Waals surface area contributed by atoms with Crippen molar-refractivity contribution in [2.24, 2.45) is 5.73 Å². The van der Waals surface area contributed by atoms with E-state index in [2.05, 4.69) is 10.6 Å². The molecule has 1 aromatic rings. The monoisotopic (exact) mass is 222 g/mol. The predicted octanol–water partition coefficient (Wildman–Crippen LogP) is 0.389. The summed E-state index contributed by atoms with van der Waals surface area (Å²) in [5, 5.41) is 5.82. The van der Waals surface area contributed by atoms with E-state index in [1.54, 1.807) is 18.2 Å². The quantitative estimate of drug-likeness (QED) is 0.542. The maximum atomic E-state index is 11.7. The highest BCUT2D eigenvalue weighted by Gasteiger charge is 2.10. The second kappa shape index (κ2) is 5.97. The Morgan fingerprint density at radius 1 is 1.44 bits per heavy atom. The van der Waals surface area contributed by atoms with Gasteiger partial charge in [-0.1, -0.05) is 0 Å². The zero-order valence-corrected chi connectivity index (χ0v) is 9.42. The molecule has 0 aliphatic rings. The average Bonchev–Trinajstić information content (AvgIpc) is 2.26. The Hall–Kier alpha value is -1.75. The van der Waals surface area contributed by atoms with Crippen molar-refractivity contribution in [3.8, 4) is 0 Å². The molecule has 0 saturated heterocycles. The zero-order valence-electron chi connectivity index (χ0n) is 9.42. The number of hydrogen-bond donors (Lipinski definition) is 4. The van der Waals surface area contributed by atoms with Crippen LogP contribution in [0.3, 0.4) is 0 Å². The standard InChI is InChI=1S/C11H18N4O/c1-2-14-11(16)9-4-3-8(13)7-10(9)15-6-5-12/h3-4,7,15H,2,5-6,12-13H2,1H3,(H,14,16). The van der Waals surface area contributed by atoms with Gasteiger partial charge in [-0.2, -0.15) is 0 Å². The first-order valence-corrected chi connectivity index (χ1v) is 5.30. The lowest BCUT2D eigenvalue weighted by Crippen LogP contribution is -2.24. The first-order chi connectivity index (χ1) is 7.69. The smallest absolute Gasteiger partial charge is 0.253 e. The molecule has 88 valence electrons. The Morgan fingerprint density at radius 2 is 2.19 bits per heavy atom. The number of amides is 1. The summed E-state index contributed by atoms with van der Waals surface area (Å²) in [6, 6.07) is 5.15. The van der Waals surface area contributed by atoms with Crippen molar-refractivity contribution < 1.29 is 4.79 Å². The number of rotatable bonds is 5. The highest BCUT2D eigenvalue weighted by molar-refractivity contribution is 6.00. The molecule has 5 nitrogen and oxygen atoms in total.